The summed E-state index contributed by atoms with van der Waals surface area (Å²) in [4.78, 5) is 0. The molecule has 0 spiro atoms. The van der Waals surface area contributed by atoms with Crippen LogP contribution in [0, 0.1) is 6.92 Å². The highest BCUT2D eigenvalue weighted by Crippen LogP contribution is 2.18. The van der Waals surface area contributed by atoms with E-state index in [1.807, 2.05) is 0 Å². The van der Waals surface area contributed by atoms with Crippen molar-refractivity contribution in [2.24, 2.45) is 0 Å². The number of hydrogen-bond donors (Lipinski definition) is 0. The molecule has 0 aliphatic rings. The standard InChI is InChI=1S/C26H23N2/c1-20-27(18-21-10-12-23-6-2-4-8-25(23)16-21)14-15-28(20)19-22-11-13-24-7-3-5-9-26(24)17-22/h2-17H,18-19H2,1H3/q+1. The molecule has 136 valence electrons. The fraction of sp³-hybridized carbons (Fsp3) is 0.115. The lowest BCUT2D eigenvalue weighted by atomic mass is 10.1. The molecule has 2 heteroatoms. The smallest absolute Gasteiger partial charge is 0.230 e. The molecule has 0 radical (unpaired) electrons. The maximum absolute atomic E-state index is 2.32. The highest BCUT2D eigenvalue weighted by atomic mass is 15.1. The van der Waals surface area contributed by atoms with Gasteiger partial charge in [-0.25, -0.2) is 9.13 Å². The summed E-state index contributed by atoms with van der Waals surface area (Å²) in [6.07, 6.45) is 4.37. The Labute approximate surface area is 165 Å². The van der Waals surface area contributed by atoms with E-state index in [0.29, 0.717) is 0 Å². The third kappa shape index (κ3) is 3.18. The van der Waals surface area contributed by atoms with Gasteiger partial charge in [-0.05, 0) is 44.8 Å². The first kappa shape index (κ1) is 16.8. The highest BCUT2D eigenvalue weighted by Gasteiger charge is 2.13. The van der Waals surface area contributed by atoms with Gasteiger partial charge in [-0.2, -0.15) is 0 Å². The van der Waals surface area contributed by atoms with Crippen LogP contribution in [-0.4, -0.2) is 4.57 Å². The lowest BCUT2D eigenvalue weighted by molar-refractivity contribution is -0.693. The molecule has 1 aromatic heterocycles. The first-order valence-electron chi connectivity index (χ1n) is 9.77. The van der Waals surface area contributed by atoms with Crippen LogP contribution < -0.4 is 4.57 Å². The molecule has 0 N–H and O–H groups in total. The van der Waals surface area contributed by atoms with Gasteiger partial charge >= 0.3 is 0 Å². The lowest BCUT2D eigenvalue weighted by Gasteiger charge is -2.05. The summed E-state index contributed by atoms with van der Waals surface area (Å²) in [7, 11) is 0. The van der Waals surface area contributed by atoms with E-state index >= 15 is 0 Å². The van der Waals surface area contributed by atoms with Crippen molar-refractivity contribution in [3.63, 3.8) is 0 Å². The minimum atomic E-state index is 0.890. The predicted molar refractivity (Wildman–Crippen MR) is 115 cm³/mol. The SMILES string of the molecule is Cc1n(Cc2ccc3ccccc3c2)cc[n+]1Cc1ccc2ccccc2c1. The minimum absolute atomic E-state index is 0.890. The fourth-order valence-electron chi connectivity index (χ4n) is 3.94. The summed E-state index contributed by atoms with van der Waals surface area (Å²) < 4.78 is 4.65. The molecule has 1 heterocycles. The number of fused-ring (bicyclic) bond motifs is 2. The van der Waals surface area contributed by atoms with Gasteiger partial charge < -0.3 is 0 Å². The summed E-state index contributed by atoms with van der Waals surface area (Å²) >= 11 is 0. The number of nitrogens with zero attached hydrogens (tertiary/aromatic N) is 2. The first-order valence-corrected chi connectivity index (χ1v) is 9.77. The number of rotatable bonds is 4. The number of hydrogen-bond acceptors (Lipinski definition) is 0. The molecule has 0 aliphatic heterocycles. The van der Waals surface area contributed by atoms with E-state index < -0.39 is 0 Å². The van der Waals surface area contributed by atoms with Crippen molar-refractivity contribution in [3.05, 3.63) is 114 Å². The number of benzene rings is 4. The van der Waals surface area contributed by atoms with Crippen LogP contribution in [0.1, 0.15) is 17.0 Å². The molecule has 0 amide bonds. The average molecular weight is 363 g/mol. The molecule has 5 aromatic rings. The summed E-state index contributed by atoms with van der Waals surface area (Å²) in [5, 5.41) is 5.19. The Bertz CT molecular complexity index is 1180. The van der Waals surface area contributed by atoms with Crippen molar-refractivity contribution >= 4 is 21.5 Å². The van der Waals surface area contributed by atoms with Crippen LogP contribution in [0.5, 0.6) is 0 Å². The second-order valence-corrected chi connectivity index (χ2v) is 7.46. The Morgan fingerprint density at radius 1 is 0.679 bits per heavy atom. The zero-order valence-electron chi connectivity index (χ0n) is 16.0. The van der Waals surface area contributed by atoms with E-state index in [1.165, 1.54) is 38.5 Å². The summed E-state index contributed by atoms with van der Waals surface area (Å²) in [5.41, 5.74) is 2.66. The molecule has 0 saturated carbocycles. The third-order valence-electron chi connectivity index (χ3n) is 5.59. The van der Waals surface area contributed by atoms with E-state index in [9.17, 15) is 0 Å². The van der Waals surface area contributed by atoms with Crippen LogP contribution in [0.2, 0.25) is 0 Å². The Morgan fingerprint density at radius 2 is 1.25 bits per heavy atom. The zero-order chi connectivity index (χ0) is 18.9. The summed E-state index contributed by atoms with van der Waals surface area (Å²) in [5.74, 6) is 1.27. The van der Waals surface area contributed by atoms with Gasteiger partial charge in [-0.1, -0.05) is 72.8 Å². The molecule has 0 saturated heterocycles. The van der Waals surface area contributed by atoms with Crippen LogP contribution in [0.4, 0.5) is 0 Å². The van der Waals surface area contributed by atoms with Gasteiger partial charge in [-0.15, -0.1) is 0 Å². The molecule has 0 fully saturated rings. The van der Waals surface area contributed by atoms with Crippen molar-refractivity contribution in [2.75, 3.05) is 0 Å². The fourth-order valence-corrected chi connectivity index (χ4v) is 3.94. The van der Waals surface area contributed by atoms with Gasteiger partial charge in [0.1, 0.15) is 25.5 Å². The van der Waals surface area contributed by atoms with Gasteiger partial charge in [0.2, 0.25) is 0 Å². The van der Waals surface area contributed by atoms with Crippen molar-refractivity contribution in [1.82, 2.24) is 4.57 Å². The molecule has 4 aromatic carbocycles. The largest absolute Gasteiger partial charge is 0.253 e. The monoisotopic (exact) mass is 363 g/mol. The third-order valence-corrected chi connectivity index (χ3v) is 5.59. The molecule has 28 heavy (non-hydrogen) atoms. The maximum atomic E-state index is 2.32. The van der Waals surface area contributed by atoms with Crippen molar-refractivity contribution in [1.29, 1.82) is 0 Å². The highest BCUT2D eigenvalue weighted by molar-refractivity contribution is 5.83. The molecule has 2 nitrogen and oxygen atoms in total. The first-order chi connectivity index (χ1) is 13.8. The van der Waals surface area contributed by atoms with Gasteiger partial charge in [0.15, 0.2) is 0 Å². The van der Waals surface area contributed by atoms with Gasteiger partial charge in [0, 0.05) is 6.92 Å². The van der Waals surface area contributed by atoms with Crippen molar-refractivity contribution in [3.8, 4) is 0 Å². The number of imidazole rings is 1. The molecule has 0 aliphatic carbocycles. The van der Waals surface area contributed by atoms with Gasteiger partial charge in [0.25, 0.3) is 5.82 Å². The quantitative estimate of drug-likeness (QED) is 0.374. The van der Waals surface area contributed by atoms with E-state index in [2.05, 4.69) is 113 Å². The topological polar surface area (TPSA) is 8.81 Å². The summed E-state index contributed by atoms with van der Waals surface area (Å²) in [6.45, 7) is 3.98. The van der Waals surface area contributed by atoms with Crippen LogP contribution in [-0.2, 0) is 13.1 Å². The van der Waals surface area contributed by atoms with Crippen LogP contribution in [0.25, 0.3) is 21.5 Å². The Balaban J connectivity index is 1.40. The zero-order valence-corrected chi connectivity index (χ0v) is 16.0. The van der Waals surface area contributed by atoms with E-state index in [0.717, 1.165) is 13.1 Å². The Hall–Kier alpha value is -3.39. The maximum Gasteiger partial charge on any atom is 0.253 e. The predicted octanol–water partition coefficient (Wildman–Crippen LogP) is 5.49. The van der Waals surface area contributed by atoms with Crippen LogP contribution in [0.3, 0.4) is 0 Å². The number of aromatic nitrogens is 2. The minimum Gasteiger partial charge on any atom is -0.230 e. The molecular weight excluding hydrogens is 340 g/mol. The second kappa shape index (κ2) is 6.97. The van der Waals surface area contributed by atoms with E-state index in [4.69, 9.17) is 0 Å². The molecule has 0 unspecified atom stereocenters. The van der Waals surface area contributed by atoms with Crippen LogP contribution >= 0.6 is 0 Å². The Kier molecular flexibility index (Phi) is 4.17. The van der Waals surface area contributed by atoms with Crippen LogP contribution in [0.15, 0.2) is 97.3 Å². The van der Waals surface area contributed by atoms with E-state index in [1.54, 1.807) is 0 Å². The molecular formula is C26H23N2+. The van der Waals surface area contributed by atoms with Crippen molar-refractivity contribution in [2.45, 2.75) is 20.0 Å². The lowest BCUT2D eigenvalue weighted by Crippen LogP contribution is -2.36. The normalized spacial score (nSPS) is 11.3. The van der Waals surface area contributed by atoms with Gasteiger partial charge in [-0.3, -0.25) is 0 Å². The molecule has 0 atom stereocenters. The second-order valence-electron chi connectivity index (χ2n) is 7.46. The molecule has 5 rings (SSSR count). The summed E-state index contributed by atoms with van der Waals surface area (Å²) in [6, 6.07) is 30.6. The van der Waals surface area contributed by atoms with E-state index in [-0.39, 0.29) is 0 Å². The Morgan fingerprint density at radius 3 is 1.93 bits per heavy atom. The average Bonchev–Trinajstić information content (AvgIpc) is 3.07. The molecule has 0 bridgehead atoms. The van der Waals surface area contributed by atoms with Crippen molar-refractivity contribution < 1.29 is 4.57 Å². The van der Waals surface area contributed by atoms with Gasteiger partial charge in [0.05, 0.1) is 0 Å².